The number of benzene rings is 1. The van der Waals surface area contributed by atoms with Gasteiger partial charge in [0.25, 0.3) is 5.91 Å². The van der Waals surface area contributed by atoms with Gasteiger partial charge in [0.2, 0.25) is 0 Å². The number of nitrogens with one attached hydrogen (secondary N) is 1. The summed E-state index contributed by atoms with van der Waals surface area (Å²) in [5.74, 6) is -1.16. The van der Waals surface area contributed by atoms with Crippen LogP contribution in [0.5, 0.6) is 0 Å². The first-order valence-electron chi connectivity index (χ1n) is 8.74. The first kappa shape index (κ1) is 20.3. The van der Waals surface area contributed by atoms with Crippen LogP contribution in [0.4, 0.5) is 5.69 Å². The lowest BCUT2D eigenvalue weighted by molar-refractivity contribution is -0.119. The summed E-state index contributed by atoms with van der Waals surface area (Å²) in [5, 5.41) is 3.34. The van der Waals surface area contributed by atoms with Gasteiger partial charge in [-0.15, -0.1) is 11.3 Å². The number of halogens is 2. The Labute approximate surface area is 185 Å². The highest BCUT2D eigenvalue weighted by molar-refractivity contribution is 7.19. The van der Waals surface area contributed by atoms with Crippen LogP contribution < -0.4 is 5.32 Å². The lowest BCUT2D eigenvalue weighted by Crippen LogP contribution is -2.21. The topological polar surface area (TPSA) is 81.2 Å². The van der Waals surface area contributed by atoms with E-state index in [0.29, 0.717) is 32.2 Å². The van der Waals surface area contributed by atoms with Gasteiger partial charge in [-0.3, -0.25) is 4.79 Å². The van der Waals surface area contributed by atoms with Crippen molar-refractivity contribution in [2.24, 2.45) is 0 Å². The molecule has 4 aromatic rings. The molecule has 4 rings (SSSR count). The molecule has 0 saturated heterocycles. The third-order valence-electron chi connectivity index (χ3n) is 4.13. The number of anilines is 1. The number of aromatic nitrogens is 2. The lowest BCUT2D eigenvalue weighted by atomic mass is 10.1. The van der Waals surface area contributed by atoms with E-state index in [2.05, 4.69) is 15.3 Å². The van der Waals surface area contributed by atoms with Gasteiger partial charge in [0.1, 0.15) is 0 Å². The van der Waals surface area contributed by atoms with Gasteiger partial charge in [0.05, 0.1) is 31.7 Å². The summed E-state index contributed by atoms with van der Waals surface area (Å²) < 4.78 is 5.86. The molecule has 0 fully saturated rings. The normalized spacial score (nSPS) is 10.7. The van der Waals surface area contributed by atoms with Crippen molar-refractivity contribution in [3.63, 3.8) is 0 Å². The second kappa shape index (κ2) is 8.79. The van der Waals surface area contributed by atoms with Crippen molar-refractivity contribution < 1.29 is 14.3 Å². The Kier molecular flexibility index (Phi) is 5.94. The van der Waals surface area contributed by atoms with Crippen LogP contribution in [-0.2, 0) is 9.53 Å². The predicted molar refractivity (Wildman–Crippen MR) is 118 cm³/mol. The van der Waals surface area contributed by atoms with Gasteiger partial charge in [-0.05, 0) is 36.4 Å². The molecule has 150 valence electrons. The van der Waals surface area contributed by atoms with Crippen LogP contribution in [0.15, 0.2) is 60.8 Å². The van der Waals surface area contributed by atoms with E-state index in [4.69, 9.17) is 27.9 Å². The Morgan fingerprint density at radius 3 is 2.67 bits per heavy atom. The molecule has 0 atom stereocenters. The maximum atomic E-state index is 12.8. The number of ether oxygens (including phenoxy) is 1. The van der Waals surface area contributed by atoms with Crippen LogP contribution in [-0.4, -0.2) is 28.5 Å². The molecule has 6 nitrogen and oxygen atoms in total. The van der Waals surface area contributed by atoms with Gasteiger partial charge in [-0.25, -0.2) is 14.8 Å². The van der Waals surface area contributed by atoms with Gasteiger partial charge in [0, 0.05) is 11.6 Å². The summed E-state index contributed by atoms with van der Waals surface area (Å²) in [5.41, 5.74) is 1.89. The number of amides is 1. The average molecular weight is 458 g/mol. The predicted octanol–water partition coefficient (Wildman–Crippen LogP) is 5.46. The Balaban J connectivity index is 1.56. The van der Waals surface area contributed by atoms with Crippen molar-refractivity contribution in [2.45, 2.75) is 0 Å². The van der Waals surface area contributed by atoms with Crippen LogP contribution in [0, 0.1) is 0 Å². The number of hydrogen-bond acceptors (Lipinski definition) is 6. The van der Waals surface area contributed by atoms with Crippen LogP contribution in [0.2, 0.25) is 9.49 Å². The number of carbonyl (C=O) groups is 2. The van der Waals surface area contributed by atoms with Gasteiger partial charge < -0.3 is 10.1 Å². The molecule has 0 saturated carbocycles. The second-order valence-corrected chi connectivity index (χ2v) is 8.22. The molecule has 0 unspecified atom stereocenters. The molecule has 0 aliphatic rings. The maximum Gasteiger partial charge on any atom is 0.339 e. The summed E-state index contributed by atoms with van der Waals surface area (Å²) >= 11 is 13.3. The SMILES string of the molecule is O=C(COC(=O)c1cc(-c2ccc(Cl)s2)nc2ccccc12)Nc1cccnc1Cl. The van der Waals surface area contributed by atoms with E-state index in [-0.39, 0.29) is 5.15 Å². The number of hydrogen-bond donors (Lipinski definition) is 1. The number of pyridine rings is 2. The standard InChI is InChI=1S/C21H13Cl2N3O3S/c22-18-8-7-17(30-18)16-10-13(12-4-1-2-5-14(12)25-16)21(28)29-11-19(27)26-15-6-3-9-24-20(15)23/h1-10H,11H2,(H,26,27). The molecule has 1 N–H and O–H groups in total. The number of esters is 1. The summed E-state index contributed by atoms with van der Waals surface area (Å²) in [6.45, 7) is -0.471. The maximum absolute atomic E-state index is 12.8. The highest BCUT2D eigenvalue weighted by Crippen LogP contribution is 2.32. The summed E-state index contributed by atoms with van der Waals surface area (Å²) in [6, 6.07) is 15.7. The number of rotatable bonds is 5. The van der Waals surface area contributed by atoms with Gasteiger partial charge in [0.15, 0.2) is 11.8 Å². The zero-order chi connectivity index (χ0) is 21.1. The quantitative estimate of drug-likeness (QED) is 0.317. The highest BCUT2D eigenvalue weighted by atomic mass is 35.5. The van der Waals surface area contributed by atoms with E-state index in [1.54, 1.807) is 36.4 Å². The minimum Gasteiger partial charge on any atom is -0.452 e. The van der Waals surface area contributed by atoms with Crippen molar-refractivity contribution in [3.05, 3.63) is 75.8 Å². The fourth-order valence-corrected chi connectivity index (χ4v) is 3.97. The van der Waals surface area contributed by atoms with Crippen molar-refractivity contribution in [1.82, 2.24) is 9.97 Å². The van der Waals surface area contributed by atoms with Gasteiger partial charge in [-0.2, -0.15) is 0 Å². The van der Waals surface area contributed by atoms with E-state index in [0.717, 1.165) is 4.88 Å². The van der Waals surface area contributed by atoms with E-state index in [1.165, 1.54) is 17.5 Å². The van der Waals surface area contributed by atoms with Crippen molar-refractivity contribution >= 4 is 63.0 Å². The largest absolute Gasteiger partial charge is 0.452 e. The molecule has 3 heterocycles. The number of fused-ring (bicyclic) bond motifs is 1. The molecular formula is C21H13Cl2N3O3S. The molecule has 0 aliphatic carbocycles. The fraction of sp³-hybridized carbons (Fsp3) is 0.0476. The number of thiophene rings is 1. The van der Waals surface area contributed by atoms with Crippen LogP contribution >= 0.6 is 34.5 Å². The smallest absolute Gasteiger partial charge is 0.339 e. The number of nitrogens with zero attached hydrogens (tertiary/aromatic N) is 2. The minimum absolute atomic E-state index is 0.150. The molecule has 9 heteroatoms. The number of carbonyl (C=O) groups excluding carboxylic acids is 2. The van der Waals surface area contributed by atoms with E-state index >= 15 is 0 Å². The zero-order valence-corrected chi connectivity index (χ0v) is 17.6. The molecule has 0 aliphatic heterocycles. The Morgan fingerprint density at radius 2 is 1.90 bits per heavy atom. The fourth-order valence-electron chi connectivity index (χ4n) is 2.80. The summed E-state index contributed by atoms with van der Waals surface area (Å²) in [7, 11) is 0. The molecule has 30 heavy (non-hydrogen) atoms. The Hall–Kier alpha value is -3.00. The molecule has 0 bridgehead atoms. The van der Waals surface area contributed by atoms with Crippen LogP contribution in [0.3, 0.4) is 0 Å². The van der Waals surface area contributed by atoms with E-state index < -0.39 is 18.5 Å². The molecule has 0 spiro atoms. The zero-order valence-electron chi connectivity index (χ0n) is 15.3. The molecule has 3 aromatic heterocycles. The van der Waals surface area contributed by atoms with Crippen LogP contribution in [0.1, 0.15) is 10.4 Å². The highest BCUT2D eigenvalue weighted by Gasteiger charge is 2.17. The van der Waals surface area contributed by atoms with Crippen molar-refractivity contribution in [3.8, 4) is 10.6 Å². The third kappa shape index (κ3) is 4.43. The lowest BCUT2D eigenvalue weighted by Gasteiger charge is -2.10. The summed E-state index contributed by atoms with van der Waals surface area (Å²) in [6.07, 6.45) is 1.50. The molecular weight excluding hydrogens is 445 g/mol. The van der Waals surface area contributed by atoms with E-state index in [1.807, 2.05) is 18.2 Å². The molecule has 0 radical (unpaired) electrons. The van der Waals surface area contributed by atoms with Crippen LogP contribution in [0.25, 0.3) is 21.5 Å². The third-order valence-corrected chi connectivity index (χ3v) is 5.68. The summed E-state index contributed by atoms with van der Waals surface area (Å²) in [4.78, 5) is 34.2. The molecule has 1 amide bonds. The minimum atomic E-state index is -0.634. The first-order valence-corrected chi connectivity index (χ1v) is 10.3. The number of para-hydroxylation sites is 1. The van der Waals surface area contributed by atoms with Crippen molar-refractivity contribution in [2.75, 3.05) is 11.9 Å². The molecule has 1 aromatic carbocycles. The van der Waals surface area contributed by atoms with Crippen molar-refractivity contribution in [1.29, 1.82) is 0 Å². The Morgan fingerprint density at radius 1 is 1.07 bits per heavy atom. The average Bonchev–Trinajstić information content (AvgIpc) is 3.19. The Bertz CT molecular complexity index is 1260. The van der Waals surface area contributed by atoms with Gasteiger partial charge >= 0.3 is 5.97 Å². The first-order chi connectivity index (χ1) is 14.5. The van der Waals surface area contributed by atoms with Gasteiger partial charge in [-0.1, -0.05) is 41.4 Å². The van der Waals surface area contributed by atoms with E-state index in [9.17, 15) is 9.59 Å². The monoisotopic (exact) mass is 457 g/mol. The second-order valence-electron chi connectivity index (χ2n) is 6.14.